The standard InChI is InChI=1S/C19H12N4O4S2/c20-16-13(9-11-5-6-15(27-11)28-10-12-3-1-7-25-12)17(24)21-19-23(16)22-18(29-19)14-4-2-8-26-14/h1-9,20H,10H2/b13-9+,20-16?. The monoisotopic (exact) mass is 424 g/mol. The van der Waals surface area contributed by atoms with Crippen LogP contribution in [0.1, 0.15) is 17.3 Å². The third kappa shape index (κ3) is 3.47. The van der Waals surface area contributed by atoms with Crippen LogP contribution in [-0.2, 0) is 10.5 Å². The first-order chi connectivity index (χ1) is 14.2. The Morgan fingerprint density at radius 1 is 1.17 bits per heavy atom. The second kappa shape index (κ2) is 7.30. The molecule has 0 bridgehead atoms. The number of hydrogen-bond donors (Lipinski definition) is 1. The quantitative estimate of drug-likeness (QED) is 0.477. The van der Waals surface area contributed by atoms with E-state index in [4.69, 9.17) is 18.7 Å². The van der Waals surface area contributed by atoms with Gasteiger partial charge in [0.25, 0.3) is 5.91 Å². The van der Waals surface area contributed by atoms with Crippen LogP contribution in [0.2, 0.25) is 0 Å². The molecule has 29 heavy (non-hydrogen) atoms. The number of furan rings is 3. The summed E-state index contributed by atoms with van der Waals surface area (Å²) < 4.78 is 16.4. The summed E-state index contributed by atoms with van der Waals surface area (Å²) in [7, 11) is 0. The molecule has 144 valence electrons. The lowest BCUT2D eigenvalue weighted by molar-refractivity contribution is -0.114. The van der Waals surface area contributed by atoms with Crippen molar-refractivity contribution in [3.05, 3.63) is 71.8 Å². The zero-order valence-electron chi connectivity index (χ0n) is 14.7. The van der Waals surface area contributed by atoms with Gasteiger partial charge < -0.3 is 13.3 Å². The molecule has 2 aliphatic heterocycles. The van der Waals surface area contributed by atoms with Gasteiger partial charge in [0.05, 0.1) is 23.9 Å². The molecule has 10 heteroatoms. The first kappa shape index (κ1) is 17.8. The highest BCUT2D eigenvalue weighted by Crippen LogP contribution is 2.32. The van der Waals surface area contributed by atoms with E-state index in [0.717, 1.165) is 5.76 Å². The summed E-state index contributed by atoms with van der Waals surface area (Å²) >= 11 is 2.66. The van der Waals surface area contributed by atoms with Crippen LogP contribution in [0.4, 0.5) is 0 Å². The summed E-state index contributed by atoms with van der Waals surface area (Å²) in [4.78, 5) is 16.5. The predicted octanol–water partition coefficient (Wildman–Crippen LogP) is 4.43. The summed E-state index contributed by atoms with van der Waals surface area (Å²) in [6.07, 6.45) is 4.67. The molecule has 1 N–H and O–H groups in total. The van der Waals surface area contributed by atoms with Gasteiger partial charge >= 0.3 is 0 Å². The van der Waals surface area contributed by atoms with Gasteiger partial charge in [0, 0.05) is 0 Å². The number of fused-ring (bicyclic) bond motifs is 1. The molecule has 3 aromatic heterocycles. The molecule has 5 heterocycles. The van der Waals surface area contributed by atoms with E-state index in [0.29, 0.717) is 32.6 Å². The number of nitrogens with zero attached hydrogens (tertiary/aromatic N) is 3. The number of carbonyl (C=O) groups excluding carboxylic acids is 1. The van der Waals surface area contributed by atoms with Crippen LogP contribution in [0.15, 0.2) is 82.9 Å². The van der Waals surface area contributed by atoms with Crippen molar-refractivity contribution in [1.82, 2.24) is 5.01 Å². The number of amidine groups is 2. The molecular weight excluding hydrogens is 412 g/mol. The van der Waals surface area contributed by atoms with Gasteiger partial charge in [0.15, 0.2) is 21.7 Å². The van der Waals surface area contributed by atoms with Crippen molar-refractivity contribution in [3.8, 4) is 0 Å². The molecular formula is C19H12N4O4S2. The number of thioether (sulfide) groups is 2. The number of nitrogens with one attached hydrogen (secondary N) is 1. The van der Waals surface area contributed by atoms with Gasteiger partial charge in [0.1, 0.15) is 11.5 Å². The lowest BCUT2D eigenvalue weighted by atomic mass is 10.1. The molecule has 0 aliphatic carbocycles. The number of hydrazone groups is 1. The molecule has 0 spiro atoms. The van der Waals surface area contributed by atoms with Gasteiger partial charge in [-0.05, 0) is 54.2 Å². The Kier molecular flexibility index (Phi) is 4.49. The van der Waals surface area contributed by atoms with Crippen molar-refractivity contribution < 1.29 is 18.0 Å². The molecule has 5 rings (SSSR count). The van der Waals surface area contributed by atoms with Crippen LogP contribution in [0, 0.1) is 5.41 Å². The Balaban J connectivity index is 1.36. The normalized spacial score (nSPS) is 17.7. The third-order valence-corrected chi connectivity index (χ3v) is 5.87. The van der Waals surface area contributed by atoms with Gasteiger partial charge in [-0.2, -0.15) is 15.1 Å². The number of carbonyl (C=O) groups is 1. The molecule has 0 atom stereocenters. The Bertz CT molecular complexity index is 1170. The largest absolute Gasteiger partial charge is 0.468 e. The molecule has 0 saturated carbocycles. The second-order valence-electron chi connectivity index (χ2n) is 5.93. The lowest BCUT2D eigenvalue weighted by Crippen LogP contribution is -2.35. The average molecular weight is 424 g/mol. The molecule has 0 aromatic carbocycles. The van der Waals surface area contributed by atoms with Crippen LogP contribution in [0.25, 0.3) is 6.08 Å². The zero-order valence-corrected chi connectivity index (χ0v) is 16.3. The van der Waals surface area contributed by atoms with Crippen LogP contribution >= 0.6 is 23.5 Å². The first-order valence-corrected chi connectivity index (χ1v) is 10.3. The zero-order chi connectivity index (χ0) is 19.8. The minimum Gasteiger partial charge on any atom is -0.468 e. The van der Waals surface area contributed by atoms with Crippen LogP contribution in [0.3, 0.4) is 0 Å². The summed E-state index contributed by atoms with van der Waals surface area (Å²) in [6, 6.07) is 10.8. The summed E-state index contributed by atoms with van der Waals surface area (Å²) in [5, 5.41) is 15.6. The van der Waals surface area contributed by atoms with Gasteiger partial charge in [-0.1, -0.05) is 11.8 Å². The highest BCUT2D eigenvalue weighted by atomic mass is 32.2. The van der Waals surface area contributed by atoms with E-state index in [1.807, 2.05) is 18.2 Å². The van der Waals surface area contributed by atoms with E-state index >= 15 is 0 Å². The van der Waals surface area contributed by atoms with Crippen LogP contribution in [0.5, 0.6) is 0 Å². The second-order valence-corrected chi connectivity index (χ2v) is 7.86. The summed E-state index contributed by atoms with van der Waals surface area (Å²) in [5.74, 6) is 1.92. The van der Waals surface area contributed by atoms with E-state index < -0.39 is 5.91 Å². The number of amides is 1. The van der Waals surface area contributed by atoms with Gasteiger partial charge in [0.2, 0.25) is 5.17 Å². The minimum atomic E-state index is -0.508. The van der Waals surface area contributed by atoms with Crippen molar-refractivity contribution in [2.45, 2.75) is 10.8 Å². The lowest BCUT2D eigenvalue weighted by Gasteiger charge is -2.19. The number of rotatable bonds is 5. The first-order valence-electron chi connectivity index (χ1n) is 8.46. The number of aliphatic imine (C=N–C) groups is 1. The molecule has 2 aliphatic rings. The maximum Gasteiger partial charge on any atom is 0.283 e. The van der Waals surface area contributed by atoms with E-state index in [2.05, 4.69) is 10.1 Å². The number of hydrogen-bond acceptors (Lipinski definition) is 8. The van der Waals surface area contributed by atoms with Crippen molar-refractivity contribution >= 4 is 51.6 Å². The molecule has 0 fully saturated rings. The van der Waals surface area contributed by atoms with Crippen LogP contribution in [-0.4, -0.2) is 27.0 Å². The predicted molar refractivity (Wildman–Crippen MR) is 110 cm³/mol. The fourth-order valence-electron chi connectivity index (χ4n) is 2.66. The van der Waals surface area contributed by atoms with Gasteiger partial charge in [-0.15, -0.1) is 0 Å². The third-order valence-electron chi connectivity index (χ3n) is 4.01. The Labute approximate surface area is 172 Å². The molecule has 3 aromatic rings. The fraction of sp³-hybridized carbons (Fsp3) is 0.0526. The van der Waals surface area contributed by atoms with Crippen molar-refractivity contribution in [3.63, 3.8) is 0 Å². The highest BCUT2D eigenvalue weighted by Gasteiger charge is 2.36. The Morgan fingerprint density at radius 2 is 2.03 bits per heavy atom. The fourth-order valence-corrected chi connectivity index (χ4v) is 4.29. The van der Waals surface area contributed by atoms with Gasteiger partial charge in [-0.25, -0.2) is 0 Å². The molecule has 8 nitrogen and oxygen atoms in total. The van der Waals surface area contributed by atoms with E-state index in [9.17, 15) is 4.79 Å². The van der Waals surface area contributed by atoms with Crippen LogP contribution < -0.4 is 0 Å². The smallest absolute Gasteiger partial charge is 0.283 e. The SMILES string of the molecule is N=C1/C(=C\c2ccc(SCc3ccco3)o2)C(=O)N=C2SC(c3ccco3)=NN12. The van der Waals surface area contributed by atoms with Crippen molar-refractivity contribution in [1.29, 1.82) is 5.41 Å². The summed E-state index contributed by atoms with van der Waals surface area (Å²) in [6.45, 7) is 0. The molecule has 1 amide bonds. The maximum atomic E-state index is 12.5. The average Bonchev–Trinajstić information content (AvgIpc) is 3.50. The molecule has 0 unspecified atom stereocenters. The minimum absolute atomic E-state index is 0.0600. The van der Waals surface area contributed by atoms with Crippen molar-refractivity contribution in [2.75, 3.05) is 0 Å². The van der Waals surface area contributed by atoms with E-state index in [-0.39, 0.29) is 11.4 Å². The van der Waals surface area contributed by atoms with E-state index in [1.165, 1.54) is 40.9 Å². The highest BCUT2D eigenvalue weighted by molar-refractivity contribution is 8.27. The maximum absolute atomic E-state index is 12.5. The topological polar surface area (TPSA) is 108 Å². The van der Waals surface area contributed by atoms with Crippen molar-refractivity contribution in [2.24, 2.45) is 10.1 Å². The van der Waals surface area contributed by atoms with E-state index in [1.54, 1.807) is 24.5 Å². The van der Waals surface area contributed by atoms with Gasteiger partial charge in [-0.3, -0.25) is 10.2 Å². The molecule has 0 radical (unpaired) electrons. The molecule has 0 saturated heterocycles. The summed E-state index contributed by atoms with van der Waals surface area (Å²) in [5.41, 5.74) is 0.107. The Hall–Kier alpha value is -3.24. The Morgan fingerprint density at radius 3 is 2.83 bits per heavy atom.